The second kappa shape index (κ2) is 7.49. The van der Waals surface area contributed by atoms with E-state index in [1.807, 2.05) is 11.8 Å². The van der Waals surface area contributed by atoms with Gasteiger partial charge in [0.2, 0.25) is 11.8 Å². The van der Waals surface area contributed by atoms with Gasteiger partial charge in [-0.1, -0.05) is 19.8 Å². The third kappa shape index (κ3) is 3.30. The summed E-state index contributed by atoms with van der Waals surface area (Å²) in [6, 6.07) is 0.548. The lowest BCUT2D eigenvalue weighted by molar-refractivity contribution is -0.132. The number of carbonyl (C=O) groups excluding carboxylic acids is 1. The molecule has 6 nitrogen and oxygen atoms in total. The number of hydrogen-bond acceptors (Lipinski definition) is 4. The van der Waals surface area contributed by atoms with Crippen molar-refractivity contribution in [2.45, 2.75) is 77.9 Å². The second-order valence-corrected chi connectivity index (χ2v) is 7.95. The van der Waals surface area contributed by atoms with E-state index in [0.29, 0.717) is 18.3 Å². The number of piperidine rings is 1. The van der Waals surface area contributed by atoms with E-state index in [9.17, 15) is 4.79 Å². The number of ether oxygens (including phenoxy) is 1. The van der Waals surface area contributed by atoms with Gasteiger partial charge in [-0.05, 0) is 32.3 Å². The molecule has 146 valence electrons. The van der Waals surface area contributed by atoms with Gasteiger partial charge in [0.05, 0.1) is 5.39 Å². The van der Waals surface area contributed by atoms with E-state index in [-0.39, 0.29) is 12.0 Å². The van der Waals surface area contributed by atoms with Crippen LogP contribution in [0.4, 0.5) is 0 Å². The predicted molar refractivity (Wildman–Crippen MR) is 105 cm³/mol. The Morgan fingerprint density at radius 2 is 1.85 bits per heavy atom. The summed E-state index contributed by atoms with van der Waals surface area (Å²) in [5, 5.41) is 1.06. The third-order valence-corrected chi connectivity index (χ3v) is 6.37. The smallest absolute Gasteiger partial charge is 0.226 e. The molecule has 2 aromatic rings. The normalized spacial score (nSPS) is 19.1. The first-order chi connectivity index (χ1) is 13.1. The molecular weight excluding hydrogens is 340 g/mol. The van der Waals surface area contributed by atoms with Gasteiger partial charge in [-0.2, -0.15) is 0 Å². The summed E-state index contributed by atoms with van der Waals surface area (Å²) < 4.78 is 8.75. The number of fused-ring (bicyclic) bond motifs is 1. The van der Waals surface area contributed by atoms with Crippen LogP contribution in [0.2, 0.25) is 0 Å². The molecule has 0 spiro atoms. The van der Waals surface area contributed by atoms with Crippen LogP contribution in [0.25, 0.3) is 11.0 Å². The number of likely N-dealkylation sites (tertiary alicyclic amines) is 1. The molecule has 1 aliphatic heterocycles. The van der Waals surface area contributed by atoms with Crippen LogP contribution >= 0.6 is 0 Å². The number of carbonyl (C=O) groups is 1. The zero-order valence-electron chi connectivity index (χ0n) is 16.7. The molecule has 3 heterocycles. The maximum atomic E-state index is 11.9. The van der Waals surface area contributed by atoms with Crippen LogP contribution in [-0.4, -0.2) is 44.5 Å². The lowest BCUT2D eigenvalue weighted by atomic mass is 10.1. The monoisotopic (exact) mass is 370 g/mol. The van der Waals surface area contributed by atoms with Crippen molar-refractivity contribution >= 4 is 16.9 Å². The molecule has 4 rings (SSSR count). The molecule has 1 amide bonds. The molecule has 2 aliphatic rings. The van der Waals surface area contributed by atoms with E-state index >= 15 is 0 Å². The number of aryl methyl sites for hydroxylation is 1. The quantitative estimate of drug-likeness (QED) is 0.818. The lowest BCUT2D eigenvalue weighted by Gasteiger charge is -2.31. The summed E-state index contributed by atoms with van der Waals surface area (Å²) in [6.07, 6.45) is 9.10. The number of aromatic nitrogens is 3. The molecule has 1 aliphatic carbocycles. The Morgan fingerprint density at radius 1 is 1.15 bits per heavy atom. The van der Waals surface area contributed by atoms with Gasteiger partial charge in [0.15, 0.2) is 0 Å². The van der Waals surface area contributed by atoms with E-state index in [4.69, 9.17) is 4.74 Å². The zero-order chi connectivity index (χ0) is 19.0. The molecule has 1 saturated heterocycles. The minimum Gasteiger partial charge on any atom is -0.474 e. The zero-order valence-corrected chi connectivity index (χ0v) is 16.7. The van der Waals surface area contributed by atoms with Crippen molar-refractivity contribution in [1.82, 2.24) is 19.4 Å². The van der Waals surface area contributed by atoms with Crippen molar-refractivity contribution in [3.05, 3.63) is 17.6 Å². The fraction of sp³-hybridized carbons (Fsp3) is 0.667. The van der Waals surface area contributed by atoms with Crippen molar-refractivity contribution in [1.29, 1.82) is 0 Å². The predicted octanol–water partition coefficient (Wildman–Crippen LogP) is 3.94. The SMILES string of the molecule is CCC(=O)N1CCC(Oc2ncnc3c2c(C)c(C)n3C2CCCC2)CC1. The molecule has 27 heavy (non-hydrogen) atoms. The van der Waals surface area contributed by atoms with E-state index in [1.54, 1.807) is 6.33 Å². The summed E-state index contributed by atoms with van der Waals surface area (Å²) >= 11 is 0. The molecule has 2 aromatic heterocycles. The maximum Gasteiger partial charge on any atom is 0.226 e. The van der Waals surface area contributed by atoms with E-state index in [0.717, 1.165) is 37.0 Å². The van der Waals surface area contributed by atoms with Crippen molar-refractivity contribution in [2.24, 2.45) is 0 Å². The van der Waals surface area contributed by atoms with Gasteiger partial charge in [-0.25, -0.2) is 9.97 Å². The van der Waals surface area contributed by atoms with Crippen LogP contribution in [0.15, 0.2) is 6.33 Å². The molecule has 0 bridgehead atoms. The van der Waals surface area contributed by atoms with Crippen molar-refractivity contribution < 1.29 is 9.53 Å². The van der Waals surface area contributed by atoms with Gasteiger partial charge in [0, 0.05) is 44.1 Å². The molecule has 2 fully saturated rings. The highest BCUT2D eigenvalue weighted by atomic mass is 16.5. The Kier molecular flexibility index (Phi) is 5.06. The minimum atomic E-state index is 0.110. The molecule has 1 saturated carbocycles. The van der Waals surface area contributed by atoms with Gasteiger partial charge < -0.3 is 14.2 Å². The summed E-state index contributed by atoms with van der Waals surface area (Å²) in [5.41, 5.74) is 3.53. The Bertz CT molecular complexity index is 830. The highest BCUT2D eigenvalue weighted by molar-refractivity contribution is 5.86. The van der Waals surface area contributed by atoms with Gasteiger partial charge in [-0.3, -0.25) is 4.79 Å². The molecular formula is C21H30N4O2. The summed E-state index contributed by atoms with van der Waals surface area (Å²) in [7, 11) is 0. The highest BCUT2D eigenvalue weighted by Crippen LogP contribution is 2.38. The Morgan fingerprint density at radius 3 is 2.52 bits per heavy atom. The van der Waals surface area contributed by atoms with Crippen LogP contribution in [0.3, 0.4) is 0 Å². The minimum absolute atomic E-state index is 0.110. The largest absolute Gasteiger partial charge is 0.474 e. The first-order valence-corrected chi connectivity index (χ1v) is 10.4. The van der Waals surface area contributed by atoms with Gasteiger partial charge in [0.1, 0.15) is 18.1 Å². The standard InChI is InChI=1S/C21H30N4O2/c1-4-18(26)24-11-9-17(10-12-24)27-21-19-14(2)15(3)25(16-7-5-6-8-16)20(19)22-13-23-21/h13,16-17H,4-12H2,1-3H3. The molecule has 0 radical (unpaired) electrons. The fourth-order valence-corrected chi connectivity index (χ4v) is 4.70. The second-order valence-electron chi connectivity index (χ2n) is 7.95. The van der Waals surface area contributed by atoms with Gasteiger partial charge >= 0.3 is 0 Å². The van der Waals surface area contributed by atoms with Crippen LogP contribution in [0.5, 0.6) is 5.88 Å². The first-order valence-electron chi connectivity index (χ1n) is 10.4. The fourth-order valence-electron chi connectivity index (χ4n) is 4.70. The van der Waals surface area contributed by atoms with Crippen molar-refractivity contribution in [2.75, 3.05) is 13.1 Å². The van der Waals surface area contributed by atoms with E-state index < -0.39 is 0 Å². The van der Waals surface area contributed by atoms with E-state index in [1.165, 1.54) is 36.9 Å². The molecule has 0 aromatic carbocycles. The Labute approximate surface area is 160 Å². The Hall–Kier alpha value is -2.11. The maximum absolute atomic E-state index is 11.9. The molecule has 6 heteroatoms. The number of rotatable bonds is 4. The van der Waals surface area contributed by atoms with Crippen LogP contribution < -0.4 is 4.74 Å². The topological polar surface area (TPSA) is 60.3 Å². The van der Waals surface area contributed by atoms with Crippen molar-refractivity contribution in [3.8, 4) is 5.88 Å². The first kappa shape index (κ1) is 18.3. The van der Waals surface area contributed by atoms with Crippen LogP contribution in [-0.2, 0) is 4.79 Å². The lowest BCUT2D eigenvalue weighted by Crippen LogP contribution is -2.41. The molecule has 0 unspecified atom stereocenters. The average Bonchev–Trinajstić information content (AvgIpc) is 3.29. The molecule has 0 N–H and O–H groups in total. The summed E-state index contributed by atoms with van der Waals surface area (Å²) in [5.74, 6) is 0.940. The van der Waals surface area contributed by atoms with Gasteiger partial charge in [-0.15, -0.1) is 0 Å². The van der Waals surface area contributed by atoms with Crippen molar-refractivity contribution in [3.63, 3.8) is 0 Å². The van der Waals surface area contributed by atoms with Crippen LogP contribution in [0.1, 0.15) is 69.2 Å². The number of nitrogens with zero attached hydrogens (tertiary/aromatic N) is 4. The summed E-state index contributed by atoms with van der Waals surface area (Å²) in [4.78, 5) is 22.9. The highest BCUT2D eigenvalue weighted by Gasteiger charge is 2.27. The summed E-state index contributed by atoms with van der Waals surface area (Å²) in [6.45, 7) is 7.80. The number of amides is 1. The van der Waals surface area contributed by atoms with E-state index in [2.05, 4.69) is 28.4 Å². The average molecular weight is 370 g/mol. The Balaban J connectivity index is 1.58. The van der Waals surface area contributed by atoms with Gasteiger partial charge in [0.25, 0.3) is 0 Å². The molecule has 0 atom stereocenters. The number of hydrogen-bond donors (Lipinski definition) is 0. The van der Waals surface area contributed by atoms with Crippen LogP contribution in [0, 0.1) is 13.8 Å². The third-order valence-electron chi connectivity index (χ3n) is 6.37.